The summed E-state index contributed by atoms with van der Waals surface area (Å²) in [5.74, 6) is 1.81. The number of nitrogens with one attached hydrogen (secondary N) is 1. The third kappa shape index (κ3) is 5.13. The van der Waals surface area contributed by atoms with Crippen molar-refractivity contribution in [2.75, 3.05) is 23.3 Å². The fourth-order valence-electron chi connectivity index (χ4n) is 4.77. The van der Waals surface area contributed by atoms with Crippen molar-refractivity contribution in [3.63, 3.8) is 0 Å². The summed E-state index contributed by atoms with van der Waals surface area (Å²) in [6.07, 6.45) is -2.60. The van der Waals surface area contributed by atoms with Crippen molar-refractivity contribution in [3.8, 4) is 17.5 Å². The Hall–Kier alpha value is -3.51. The monoisotopic (exact) mass is 493 g/mol. The van der Waals surface area contributed by atoms with E-state index in [0.29, 0.717) is 35.4 Å². The number of nitrogens with zero attached hydrogens (tertiary/aromatic N) is 6. The fraction of sp³-hybridized carbons (Fsp3) is 0.545. The van der Waals surface area contributed by atoms with Gasteiger partial charge in [0, 0.05) is 19.1 Å². The van der Waals surface area contributed by atoms with Crippen LogP contribution in [0.1, 0.15) is 38.6 Å². The summed E-state index contributed by atoms with van der Waals surface area (Å²) in [4.78, 5) is 11.0. The molecule has 1 aliphatic heterocycles. The highest BCUT2D eigenvalue weighted by molar-refractivity contribution is 5.36. The molecule has 0 radical (unpaired) electrons. The molecule has 10 nitrogen and oxygen atoms in total. The number of halogens is 3. The van der Waals surface area contributed by atoms with E-state index in [1.165, 1.54) is 24.3 Å². The molecule has 1 N–H and O–H groups in total. The Morgan fingerprint density at radius 1 is 1.06 bits per heavy atom. The predicted molar refractivity (Wildman–Crippen MR) is 118 cm³/mol. The third-order valence-corrected chi connectivity index (χ3v) is 6.27. The molecule has 1 aromatic carbocycles. The number of ether oxygens (including phenoxy) is 2. The maximum absolute atomic E-state index is 12.4. The minimum absolute atomic E-state index is 0.0415. The van der Waals surface area contributed by atoms with Gasteiger partial charge in [-0.3, -0.25) is 0 Å². The second-order valence-electron chi connectivity index (χ2n) is 9.17. The van der Waals surface area contributed by atoms with Gasteiger partial charge in [-0.25, -0.2) is 4.68 Å². The zero-order chi connectivity index (χ0) is 24.7. The number of piperidine rings is 1. The van der Waals surface area contributed by atoms with Crippen molar-refractivity contribution in [1.82, 2.24) is 24.9 Å². The number of aryl methyl sites for hydroxylation is 1. The van der Waals surface area contributed by atoms with E-state index in [1.54, 1.807) is 11.6 Å². The van der Waals surface area contributed by atoms with Gasteiger partial charge in [-0.15, -0.1) is 18.3 Å². The number of alkyl halides is 3. The molecule has 0 amide bonds. The summed E-state index contributed by atoms with van der Waals surface area (Å²) in [6.45, 7) is 7.30. The Balaban J connectivity index is 1.28. The van der Waals surface area contributed by atoms with Gasteiger partial charge >= 0.3 is 18.4 Å². The molecule has 2 bridgehead atoms. The van der Waals surface area contributed by atoms with E-state index in [1.807, 2.05) is 13.8 Å². The summed E-state index contributed by atoms with van der Waals surface area (Å²) in [5, 5.41) is 12.0. The SMILES string of the molecule is Cc1noc(N2C[C@H]3CC[C@@H](C2)[C@@H]3Nc2nc(Oc3ccc(OC(F)(F)F)cc3)n(C(C)C)n2)n1. The highest BCUT2D eigenvalue weighted by atomic mass is 19.4. The lowest BCUT2D eigenvalue weighted by molar-refractivity contribution is -0.274. The topological polar surface area (TPSA) is 103 Å². The Morgan fingerprint density at radius 2 is 1.71 bits per heavy atom. The van der Waals surface area contributed by atoms with E-state index in [2.05, 4.69) is 35.2 Å². The zero-order valence-electron chi connectivity index (χ0n) is 19.5. The number of hydrogen-bond donors (Lipinski definition) is 1. The Labute approximate surface area is 199 Å². The van der Waals surface area contributed by atoms with Crippen LogP contribution in [-0.4, -0.2) is 50.4 Å². The number of rotatable bonds is 7. The highest BCUT2D eigenvalue weighted by Crippen LogP contribution is 2.40. The molecule has 1 saturated heterocycles. The normalized spacial score (nSPS) is 22.0. The summed E-state index contributed by atoms with van der Waals surface area (Å²) in [6, 6.07) is 6.12. The number of aromatic nitrogens is 5. The van der Waals surface area contributed by atoms with Crippen molar-refractivity contribution in [3.05, 3.63) is 30.1 Å². The maximum Gasteiger partial charge on any atom is 0.573 e. The van der Waals surface area contributed by atoms with Crippen LogP contribution in [0.5, 0.6) is 17.5 Å². The average molecular weight is 493 g/mol. The summed E-state index contributed by atoms with van der Waals surface area (Å²) in [7, 11) is 0. The minimum atomic E-state index is -4.75. The van der Waals surface area contributed by atoms with Crippen molar-refractivity contribution in [2.24, 2.45) is 11.8 Å². The molecular formula is C22H26F3N7O3. The molecule has 2 aromatic heterocycles. The second kappa shape index (κ2) is 8.93. The van der Waals surface area contributed by atoms with E-state index in [4.69, 9.17) is 9.26 Å². The average Bonchev–Trinajstić information content (AvgIpc) is 3.45. The highest BCUT2D eigenvalue weighted by Gasteiger charge is 2.44. The Morgan fingerprint density at radius 3 is 2.29 bits per heavy atom. The van der Waals surface area contributed by atoms with Crippen molar-refractivity contribution < 1.29 is 27.2 Å². The molecule has 5 rings (SSSR count). The lowest BCUT2D eigenvalue weighted by Crippen LogP contribution is -2.48. The van der Waals surface area contributed by atoms with Gasteiger partial charge in [0.05, 0.1) is 6.04 Å². The molecule has 3 aromatic rings. The van der Waals surface area contributed by atoms with Crippen molar-refractivity contribution in [2.45, 2.75) is 52.1 Å². The predicted octanol–water partition coefficient (Wildman–Crippen LogP) is 4.57. The van der Waals surface area contributed by atoms with Crippen LogP contribution in [0.15, 0.2) is 28.8 Å². The lowest BCUT2D eigenvalue weighted by Gasteiger charge is -2.37. The Kier molecular flexibility index (Phi) is 5.93. The minimum Gasteiger partial charge on any atom is -0.424 e. The third-order valence-electron chi connectivity index (χ3n) is 6.27. The van der Waals surface area contributed by atoms with Gasteiger partial charge in [-0.1, -0.05) is 5.16 Å². The fourth-order valence-corrected chi connectivity index (χ4v) is 4.77. The number of fused-ring (bicyclic) bond motifs is 2. The largest absolute Gasteiger partial charge is 0.573 e. The van der Waals surface area contributed by atoms with Crippen molar-refractivity contribution >= 4 is 12.0 Å². The molecule has 0 unspecified atom stereocenters. The number of anilines is 2. The van der Waals surface area contributed by atoms with Crippen LogP contribution < -0.4 is 19.7 Å². The van der Waals surface area contributed by atoms with Gasteiger partial charge in [-0.2, -0.15) is 9.97 Å². The van der Waals surface area contributed by atoms with Crippen LogP contribution in [0.25, 0.3) is 0 Å². The van der Waals surface area contributed by atoms with E-state index >= 15 is 0 Å². The van der Waals surface area contributed by atoms with Crippen LogP contribution in [0.3, 0.4) is 0 Å². The first-order chi connectivity index (χ1) is 16.6. The van der Waals surface area contributed by atoms with Gasteiger partial charge in [0.25, 0.3) is 0 Å². The molecule has 2 fully saturated rings. The molecule has 0 spiro atoms. The standard InChI is InChI=1S/C22H26F3N7O3/c1-12(2)32-21(33-16-6-8-17(9-7-16)34-22(23,24)25)28-19(29-32)27-18-14-4-5-15(18)11-31(10-14)20-26-13(3)30-35-20/h6-9,12,14-15,18H,4-5,10-11H2,1-3H3,(H,27,29)/t14-,15+,18-. The molecule has 2 aliphatic rings. The van der Waals surface area contributed by atoms with Gasteiger partial charge in [0.2, 0.25) is 5.95 Å². The van der Waals surface area contributed by atoms with E-state index < -0.39 is 6.36 Å². The molecule has 1 aliphatic carbocycles. The first-order valence-electron chi connectivity index (χ1n) is 11.5. The smallest absolute Gasteiger partial charge is 0.424 e. The van der Waals surface area contributed by atoms with Gasteiger partial charge < -0.3 is 24.2 Å². The summed E-state index contributed by atoms with van der Waals surface area (Å²) in [5.41, 5.74) is 0. The van der Waals surface area contributed by atoms with E-state index in [0.717, 1.165) is 25.9 Å². The van der Waals surface area contributed by atoms with Crippen LogP contribution >= 0.6 is 0 Å². The van der Waals surface area contributed by atoms with E-state index in [-0.39, 0.29) is 23.8 Å². The van der Waals surface area contributed by atoms with Crippen LogP contribution in [0.4, 0.5) is 25.1 Å². The van der Waals surface area contributed by atoms with Crippen LogP contribution in [0.2, 0.25) is 0 Å². The summed E-state index contributed by atoms with van der Waals surface area (Å²) >= 11 is 0. The number of benzene rings is 1. The van der Waals surface area contributed by atoms with Crippen LogP contribution in [0, 0.1) is 18.8 Å². The molecule has 188 valence electrons. The lowest BCUT2D eigenvalue weighted by atomic mass is 9.92. The first-order valence-corrected chi connectivity index (χ1v) is 11.5. The maximum atomic E-state index is 12.4. The summed E-state index contributed by atoms with van der Waals surface area (Å²) < 4.78 is 53.9. The van der Waals surface area contributed by atoms with E-state index in [9.17, 15) is 13.2 Å². The quantitative estimate of drug-likeness (QED) is 0.507. The number of hydrogen-bond acceptors (Lipinski definition) is 9. The molecule has 3 atom stereocenters. The molecule has 3 heterocycles. The molecule has 35 heavy (non-hydrogen) atoms. The second-order valence-corrected chi connectivity index (χ2v) is 9.17. The van der Waals surface area contributed by atoms with Crippen molar-refractivity contribution in [1.29, 1.82) is 0 Å². The molecule has 13 heteroatoms. The van der Waals surface area contributed by atoms with Gasteiger partial charge in [0.1, 0.15) is 11.5 Å². The zero-order valence-corrected chi connectivity index (χ0v) is 19.5. The molecule has 1 saturated carbocycles. The van der Waals surface area contributed by atoms with Gasteiger partial charge in [0.15, 0.2) is 5.82 Å². The van der Waals surface area contributed by atoms with Crippen LogP contribution in [-0.2, 0) is 0 Å². The Bertz CT molecular complexity index is 1150. The molecular weight excluding hydrogens is 467 g/mol. The van der Waals surface area contributed by atoms with Gasteiger partial charge in [-0.05, 0) is 69.7 Å². The first kappa shape index (κ1) is 23.2.